The van der Waals surface area contributed by atoms with Crippen LogP contribution < -0.4 is 4.90 Å². The van der Waals surface area contributed by atoms with E-state index in [4.69, 9.17) is 9.97 Å². The summed E-state index contributed by atoms with van der Waals surface area (Å²) in [7, 11) is 0. The SMILES string of the molecule is Fc1ccccc1-c1cc(N2CCN(C(c3ccccc3)c3ccccc3)CC2)nc(-c2ccccn2)n1. The highest BCUT2D eigenvalue weighted by atomic mass is 19.1. The molecule has 0 saturated carbocycles. The molecule has 3 aromatic carbocycles. The molecule has 2 aromatic heterocycles. The Bertz CT molecular complexity index is 1450. The van der Waals surface area contributed by atoms with Crippen molar-refractivity contribution in [2.75, 3.05) is 31.1 Å². The lowest BCUT2D eigenvalue weighted by atomic mass is 9.96. The van der Waals surface area contributed by atoms with E-state index >= 15 is 0 Å². The number of anilines is 1. The number of hydrogen-bond donors (Lipinski definition) is 0. The van der Waals surface area contributed by atoms with Gasteiger partial charge in [0.15, 0.2) is 5.82 Å². The maximum Gasteiger partial charge on any atom is 0.180 e. The summed E-state index contributed by atoms with van der Waals surface area (Å²) in [4.78, 5) is 18.8. The molecular weight excluding hydrogens is 473 g/mol. The highest BCUT2D eigenvalue weighted by Crippen LogP contribution is 2.32. The molecule has 0 spiro atoms. The summed E-state index contributed by atoms with van der Waals surface area (Å²) in [5.41, 5.74) is 4.25. The Kier molecular flexibility index (Phi) is 6.87. The van der Waals surface area contributed by atoms with Crippen LogP contribution in [0.4, 0.5) is 10.2 Å². The van der Waals surface area contributed by atoms with Gasteiger partial charge in [0.1, 0.15) is 17.3 Å². The Labute approximate surface area is 222 Å². The van der Waals surface area contributed by atoms with Crippen LogP contribution in [-0.4, -0.2) is 46.0 Å². The van der Waals surface area contributed by atoms with Crippen LogP contribution >= 0.6 is 0 Å². The standard InChI is InChI=1S/C32H28FN5/c33-27-16-8-7-15-26(27)29-23-30(36-32(35-29)28-17-9-10-18-34-28)37-19-21-38(22-20-37)31(24-11-3-1-4-12-24)25-13-5-2-6-14-25/h1-18,23,31H,19-22H2. The third kappa shape index (κ3) is 5.04. The molecule has 1 aliphatic heterocycles. The van der Waals surface area contributed by atoms with Crippen molar-refractivity contribution in [2.45, 2.75) is 6.04 Å². The monoisotopic (exact) mass is 501 g/mol. The van der Waals surface area contributed by atoms with E-state index in [0.29, 0.717) is 22.8 Å². The first-order chi connectivity index (χ1) is 18.8. The van der Waals surface area contributed by atoms with Crippen molar-refractivity contribution in [2.24, 2.45) is 0 Å². The van der Waals surface area contributed by atoms with Crippen LogP contribution in [-0.2, 0) is 0 Å². The van der Waals surface area contributed by atoms with Gasteiger partial charge in [-0.05, 0) is 35.4 Å². The average Bonchev–Trinajstić information content (AvgIpc) is 2.99. The number of halogens is 1. The molecule has 5 nitrogen and oxygen atoms in total. The molecule has 6 heteroatoms. The molecular formula is C32H28FN5. The Morgan fingerprint density at radius 2 is 1.26 bits per heavy atom. The fourth-order valence-electron chi connectivity index (χ4n) is 5.11. The molecule has 1 aliphatic rings. The minimum Gasteiger partial charge on any atom is -0.354 e. The molecule has 0 unspecified atom stereocenters. The highest BCUT2D eigenvalue weighted by Gasteiger charge is 2.27. The molecule has 0 bridgehead atoms. The lowest BCUT2D eigenvalue weighted by molar-refractivity contribution is 0.212. The Morgan fingerprint density at radius 1 is 0.632 bits per heavy atom. The molecule has 0 radical (unpaired) electrons. The number of piperazine rings is 1. The number of rotatable bonds is 6. The van der Waals surface area contributed by atoms with Crippen LogP contribution in [0.2, 0.25) is 0 Å². The molecule has 188 valence electrons. The molecule has 6 rings (SSSR count). The zero-order valence-electron chi connectivity index (χ0n) is 21.0. The molecule has 1 fully saturated rings. The fourth-order valence-corrected chi connectivity index (χ4v) is 5.11. The summed E-state index contributed by atoms with van der Waals surface area (Å²) < 4.78 is 14.7. The van der Waals surface area contributed by atoms with Gasteiger partial charge in [-0.3, -0.25) is 9.88 Å². The minimum absolute atomic E-state index is 0.183. The van der Waals surface area contributed by atoms with Crippen LogP contribution in [0.1, 0.15) is 17.2 Å². The third-order valence-corrected chi connectivity index (χ3v) is 6.99. The Morgan fingerprint density at radius 3 is 1.89 bits per heavy atom. The predicted molar refractivity (Wildman–Crippen MR) is 149 cm³/mol. The summed E-state index contributed by atoms with van der Waals surface area (Å²) >= 11 is 0. The van der Waals surface area contributed by atoms with Crippen molar-refractivity contribution < 1.29 is 4.39 Å². The van der Waals surface area contributed by atoms with Gasteiger partial charge >= 0.3 is 0 Å². The zero-order chi connectivity index (χ0) is 25.7. The van der Waals surface area contributed by atoms with E-state index in [-0.39, 0.29) is 11.9 Å². The number of pyridine rings is 1. The summed E-state index contributed by atoms with van der Waals surface area (Å²) in [6, 6.07) is 35.8. The van der Waals surface area contributed by atoms with Gasteiger partial charge in [0.2, 0.25) is 0 Å². The normalized spacial score (nSPS) is 14.1. The van der Waals surface area contributed by atoms with E-state index < -0.39 is 0 Å². The van der Waals surface area contributed by atoms with Gasteiger partial charge in [-0.25, -0.2) is 14.4 Å². The van der Waals surface area contributed by atoms with Gasteiger partial charge in [0, 0.05) is 44.0 Å². The second-order valence-electron chi connectivity index (χ2n) is 9.38. The molecule has 3 heterocycles. The quantitative estimate of drug-likeness (QED) is 0.275. The van der Waals surface area contributed by atoms with Crippen LogP contribution in [0.15, 0.2) is 115 Å². The van der Waals surface area contributed by atoms with Crippen molar-refractivity contribution >= 4 is 5.82 Å². The topological polar surface area (TPSA) is 45.2 Å². The van der Waals surface area contributed by atoms with E-state index in [0.717, 1.165) is 32.0 Å². The van der Waals surface area contributed by atoms with Gasteiger partial charge in [0.25, 0.3) is 0 Å². The maximum atomic E-state index is 14.7. The maximum absolute atomic E-state index is 14.7. The van der Waals surface area contributed by atoms with Crippen molar-refractivity contribution in [3.8, 4) is 22.8 Å². The summed E-state index contributed by atoms with van der Waals surface area (Å²) in [5.74, 6) is 0.979. The fraction of sp³-hybridized carbons (Fsp3) is 0.156. The molecule has 0 amide bonds. The summed E-state index contributed by atoms with van der Waals surface area (Å²) in [6.45, 7) is 3.33. The van der Waals surface area contributed by atoms with E-state index in [1.54, 1.807) is 18.3 Å². The van der Waals surface area contributed by atoms with Crippen LogP contribution in [0.25, 0.3) is 22.8 Å². The second-order valence-corrected chi connectivity index (χ2v) is 9.38. The van der Waals surface area contributed by atoms with Crippen molar-refractivity contribution in [3.63, 3.8) is 0 Å². The predicted octanol–water partition coefficient (Wildman–Crippen LogP) is 6.26. The van der Waals surface area contributed by atoms with Gasteiger partial charge in [0.05, 0.1) is 11.7 Å². The molecule has 0 atom stereocenters. The molecule has 0 aliphatic carbocycles. The molecule has 5 aromatic rings. The molecule has 38 heavy (non-hydrogen) atoms. The Hall–Kier alpha value is -4.42. The first-order valence-corrected chi connectivity index (χ1v) is 12.9. The molecule has 1 saturated heterocycles. The van der Waals surface area contributed by atoms with Crippen LogP contribution in [0.5, 0.6) is 0 Å². The van der Waals surface area contributed by atoms with E-state index in [1.165, 1.54) is 17.2 Å². The van der Waals surface area contributed by atoms with Crippen molar-refractivity contribution in [3.05, 3.63) is 132 Å². The van der Waals surface area contributed by atoms with Gasteiger partial charge in [-0.15, -0.1) is 0 Å². The van der Waals surface area contributed by atoms with Crippen LogP contribution in [0, 0.1) is 5.82 Å². The van der Waals surface area contributed by atoms with Gasteiger partial charge in [-0.2, -0.15) is 0 Å². The van der Waals surface area contributed by atoms with Gasteiger partial charge in [-0.1, -0.05) is 78.9 Å². The van der Waals surface area contributed by atoms with Crippen LogP contribution in [0.3, 0.4) is 0 Å². The van der Waals surface area contributed by atoms with Crippen molar-refractivity contribution in [1.82, 2.24) is 19.9 Å². The zero-order valence-corrected chi connectivity index (χ0v) is 21.0. The number of nitrogens with zero attached hydrogens (tertiary/aromatic N) is 5. The van der Waals surface area contributed by atoms with E-state index in [1.807, 2.05) is 30.3 Å². The van der Waals surface area contributed by atoms with E-state index in [2.05, 4.69) is 75.4 Å². The number of hydrogen-bond acceptors (Lipinski definition) is 5. The second kappa shape index (κ2) is 10.9. The Balaban J connectivity index is 1.31. The number of benzene rings is 3. The average molecular weight is 502 g/mol. The largest absolute Gasteiger partial charge is 0.354 e. The van der Waals surface area contributed by atoms with Gasteiger partial charge < -0.3 is 4.90 Å². The first kappa shape index (κ1) is 23.9. The summed E-state index contributed by atoms with van der Waals surface area (Å²) in [6.07, 6.45) is 1.72. The third-order valence-electron chi connectivity index (χ3n) is 6.99. The smallest absolute Gasteiger partial charge is 0.180 e. The first-order valence-electron chi connectivity index (χ1n) is 12.9. The lowest BCUT2D eigenvalue weighted by Crippen LogP contribution is -2.48. The number of aromatic nitrogens is 3. The van der Waals surface area contributed by atoms with Crippen molar-refractivity contribution in [1.29, 1.82) is 0 Å². The summed E-state index contributed by atoms with van der Waals surface area (Å²) in [5, 5.41) is 0. The minimum atomic E-state index is -0.303. The highest BCUT2D eigenvalue weighted by molar-refractivity contribution is 5.67. The lowest BCUT2D eigenvalue weighted by Gasteiger charge is -2.40. The van der Waals surface area contributed by atoms with E-state index in [9.17, 15) is 4.39 Å². The molecule has 0 N–H and O–H groups in total.